The van der Waals surface area contributed by atoms with Crippen LogP contribution in [0.2, 0.25) is 0 Å². The quantitative estimate of drug-likeness (QED) is 0.682. The van der Waals surface area contributed by atoms with Gasteiger partial charge in [-0.1, -0.05) is 25.1 Å². The van der Waals surface area contributed by atoms with Crippen molar-refractivity contribution in [2.24, 2.45) is 0 Å². The first-order valence-electron chi connectivity index (χ1n) is 7.72. The summed E-state index contributed by atoms with van der Waals surface area (Å²) in [5, 5.41) is 6.07. The van der Waals surface area contributed by atoms with Gasteiger partial charge in [0.15, 0.2) is 0 Å². The number of carbonyl (C=O) groups is 3. The maximum atomic E-state index is 13.7. The molecule has 1 aromatic rings. The summed E-state index contributed by atoms with van der Waals surface area (Å²) in [5.41, 5.74) is 1.68. The van der Waals surface area contributed by atoms with Gasteiger partial charge in [0.1, 0.15) is 11.4 Å². The molecule has 0 aliphatic carbocycles. The van der Waals surface area contributed by atoms with E-state index in [1.807, 2.05) is 0 Å². The van der Waals surface area contributed by atoms with Gasteiger partial charge in [-0.3, -0.25) is 15.0 Å². The van der Waals surface area contributed by atoms with Gasteiger partial charge in [0.2, 0.25) is 0 Å². The molecule has 1 heterocycles. The minimum atomic E-state index is -1.02. The standard InChI is InChI=1S/C16H21FN4O3/c1-4-16(3)14(23)21(15(24)19-16)20-13(22)9-18-10(2)11-7-5-6-8-12(11)17/h5-8,10,18H,4,9H2,1-3H3,(H,19,24)(H,20,22)/t10-,16+/m1/s1. The Labute approximate surface area is 139 Å². The van der Waals surface area contributed by atoms with E-state index in [1.165, 1.54) is 6.07 Å². The van der Waals surface area contributed by atoms with Crippen molar-refractivity contribution in [2.45, 2.75) is 38.8 Å². The molecule has 0 saturated carbocycles. The second kappa shape index (κ2) is 6.96. The monoisotopic (exact) mass is 336 g/mol. The zero-order valence-electron chi connectivity index (χ0n) is 13.9. The molecule has 24 heavy (non-hydrogen) atoms. The summed E-state index contributed by atoms with van der Waals surface area (Å²) in [4.78, 5) is 35.9. The molecule has 1 aromatic carbocycles. The molecule has 1 aliphatic rings. The number of urea groups is 1. The van der Waals surface area contributed by atoms with E-state index in [0.29, 0.717) is 17.0 Å². The number of hydrazine groups is 1. The van der Waals surface area contributed by atoms with Crippen LogP contribution in [0.15, 0.2) is 24.3 Å². The van der Waals surface area contributed by atoms with Crippen LogP contribution in [0.3, 0.4) is 0 Å². The normalized spacial score (nSPS) is 21.6. The van der Waals surface area contributed by atoms with Crippen molar-refractivity contribution in [3.05, 3.63) is 35.6 Å². The Morgan fingerprint density at radius 2 is 2.04 bits per heavy atom. The van der Waals surface area contributed by atoms with Gasteiger partial charge < -0.3 is 10.6 Å². The van der Waals surface area contributed by atoms with Crippen LogP contribution >= 0.6 is 0 Å². The Hall–Kier alpha value is -2.48. The molecular weight excluding hydrogens is 315 g/mol. The maximum Gasteiger partial charge on any atom is 0.344 e. The first kappa shape index (κ1) is 17.9. The molecule has 8 heteroatoms. The number of rotatable bonds is 6. The molecule has 2 atom stereocenters. The van der Waals surface area contributed by atoms with E-state index in [2.05, 4.69) is 16.1 Å². The summed E-state index contributed by atoms with van der Waals surface area (Å²) in [7, 11) is 0. The number of benzene rings is 1. The van der Waals surface area contributed by atoms with Crippen LogP contribution in [0.1, 0.15) is 38.8 Å². The van der Waals surface area contributed by atoms with Gasteiger partial charge in [0, 0.05) is 11.6 Å². The highest BCUT2D eigenvalue weighted by molar-refractivity contribution is 6.07. The second-order valence-electron chi connectivity index (χ2n) is 5.92. The summed E-state index contributed by atoms with van der Waals surface area (Å²) >= 11 is 0. The van der Waals surface area contributed by atoms with E-state index in [-0.39, 0.29) is 12.4 Å². The number of imide groups is 1. The van der Waals surface area contributed by atoms with Gasteiger partial charge in [-0.15, -0.1) is 0 Å². The highest BCUT2D eigenvalue weighted by atomic mass is 19.1. The summed E-state index contributed by atoms with van der Waals surface area (Å²) in [6.45, 7) is 4.90. The molecule has 130 valence electrons. The first-order chi connectivity index (χ1) is 11.3. The van der Waals surface area contributed by atoms with E-state index in [4.69, 9.17) is 0 Å². The molecule has 0 aromatic heterocycles. The van der Waals surface area contributed by atoms with E-state index in [9.17, 15) is 18.8 Å². The minimum Gasteiger partial charge on any atom is -0.322 e. The number of carbonyl (C=O) groups excluding carboxylic acids is 3. The van der Waals surface area contributed by atoms with E-state index in [0.717, 1.165) is 0 Å². The van der Waals surface area contributed by atoms with Gasteiger partial charge in [0.05, 0.1) is 6.54 Å². The number of nitrogens with one attached hydrogen (secondary N) is 3. The van der Waals surface area contributed by atoms with Crippen molar-refractivity contribution in [1.29, 1.82) is 0 Å². The fourth-order valence-corrected chi connectivity index (χ4v) is 2.37. The highest BCUT2D eigenvalue weighted by Gasteiger charge is 2.47. The molecule has 0 radical (unpaired) electrons. The third-order valence-corrected chi connectivity index (χ3v) is 4.15. The molecule has 1 aliphatic heterocycles. The van der Waals surface area contributed by atoms with Crippen LogP contribution in [-0.4, -0.2) is 34.9 Å². The SMILES string of the molecule is CC[C@]1(C)NC(=O)N(NC(=O)CN[C@H](C)c2ccccc2F)C1=O. The second-order valence-corrected chi connectivity index (χ2v) is 5.92. The van der Waals surface area contributed by atoms with E-state index < -0.39 is 29.4 Å². The molecule has 7 nitrogen and oxygen atoms in total. The lowest BCUT2D eigenvalue weighted by Crippen LogP contribution is -2.50. The van der Waals surface area contributed by atoms with Crippen LogP contribution < -0.4 is 16.1 Å². The van der Waals surface area contributed by atoms with E-state index >= 15 is 0 Å². The lowest BCUT2D eigenvalue weighted by Gasteiger charge is -2.20. The van der Waals surface area contributed by atoms with Crippen molar-refractivity contribution in [3.63, 3.8) is 0 Å². The predicted octanol–water partition coefficient (Wildman–Crippen LogP) is 1.23. The molecule has 4 amide bonds. The van der Waals surface area contributed by atoms with Crippen LogP contribution in [0.25, 0.3) is 0 Å². The van der Waals surface area contributed by atoms with Crippen LogP contribution in [0.4, 0.5) is 9.18 Å². The first-order valence-corrected chi connectivity index (χ1v) is 7.72. The number of halogens is 1. The smallest absolute Gasteiger partial charge is 0.322 e. The minimum absolute atomic E-state index is 0.171. The largest absolute Gasteiger partial charge is 0.344 e. The molecule has 2 rings (SSSR count). The van der Waals surface area contributed by atoms with Crippen molar-refractivity contribution in [3.8, 4) is 0 Å². The molecule has 1 saturated heterocycles. The lowest BCUT2D eigenvalue weighted by atomic mass is 10.00. The number of nitrogens with zero attached hydrogens (tertiary/aromatic N) is 1. The molecule has 0 bridgehead atoms. The summed E-state index contributed by atoms with van der Waals surface area (Å²) < 4.78 is 13.7. The van der Waals surface area contributed by atoms with Gasteiger partial charge in [-0.25, -0.2) is 9.18 Å². The van der Waals surface area contributed by atoms with Gasteiger partial charge in [0.25, 0.3) is 11.8 Å². The maximum absolute atomic E-state index is 13.7. The fourth-order valence-electron chi connectivity index (χ4n) is 2.37. The number of hydrogen-bond donors (Lipinski definition) is 3. The summed E-state index contributed by atoms with van der Waals surface area (Å²) in [6, 6.07) is 5.18. The molecule has 0 unspecified atom stereocenters. The Balaban J connectivity index is 1.91. The van der Waals surface area contributed by atoms with Gasteiger partial charge in [-0.2, -0.15) is 5.01 Å². The van der Waals surface area contributed by atoms with Gasteiger partial charge in [-0.05, 0) is 26.3 Å². The highest BCUT2D eigenvalue weighted by Crippen LogP contribution is 2.19. The molecular formula is C16H21FN4O3. The molecule has 0 spiro atoms. The van der Waals surface area contributed by atoms with Crippen molar-refractivity contribution < 1.29 is 18.8 Å². The third kappa shape index (κ3) is 3.53. The zero-order valence-corrected chi connectivity index (χ0v) is 13.9. The van der Waals surface area contributed by atoms with Gasteiger partial charge >= 0.3 is 6.03 Å². The number of hydrogen-bond acceptors (Lipinski definition) is 4. The Morgan fingerprint density at radius 3 is 2.62 bits per heavy atom. The Bertz CT molecular complexity index is 666. The Kier molecular flexibility index (Phi) is 5.18. The zero-order chi connectivity index (χ0) is 17.9. The van der Waals surface area contributed by atoms with Crippen molar-refractivity contribution >= 4 is 17.8 Å². The van der Waals surface area contributed by atoms with Crippen LogP contribution in [-0.2, 0) is 9.59 Å². The average molecular weight is 336 g/mol. The summed E-state index contributed by atoms with van der Waals surface area (Å²) in [6.07, 6.45) is 0.409. The van der Waals surface area contributed by atoms with Crippen molar-refractivity contribution in [1.82, 2.24) is 21.1 Å². The van der Waals surface area contributed by atoms with Crippen molar-refractivity contribution in [2.75, 3.05) is 6.54 Å². The Morgan fingerprint density at radius 1 is 1.38 bits per heavy atom. The third-order valence-electron chi connectivity index (χ3n) is 4.15. The summed E-state index contributed by atoms with van der Waals surface area (Å²) in [5.74, 6) is -1.45. The lowest BCUT2D eigenvalue weighted by molar-refractivity contribution is -0.138. The number of amides is 4. The molecule has 3 N–H and O–H groups in total. The average Bonchev–Trinajstić information content (AvgIpc) is 2.77. The predicted molar refractivity (Wildman–Crippen MR) is 85.0 cm³/mol. The topological polar surface area (TPSA) is 90.5 Å². The van der Waals surface area contributed by atoms with Crippen LogP contribution in [0, 0.1) is 5.82 Å². The fraction of sp³-hybridized carbons (Fsp3) is 0.438. The van der Waals surface area contributed by atoms with E-state index in [1.54, 1.807) is 39.0 Å². The van der Waals surface area contributed by atoms with Crippen LogP contribution in [0.5, 0.6) is 0 Å². The molecule has 1 fully saturated rings.